The molecule has 0 saturated carbocycles. The summed E-state index contributed by atoms with van der Waals surface area (Å²) >= 11 is 0. The molecule has 22 heavy (non-hydrogen) atoms. The first kappa shape index (κ1) is 18.9. The highest BCUT2D eigenvalue weighted by atomic mass is 35.5. The number of amides is 1. The largest absolute Gasteiger partial charge is 0.351 e. The molecule has 126 valence electrons. The highest BCUT2D eigenvalue weighted by Crippen LogP contribution is 2.07. The van der Waals surface area contributed by atoms with Crippen molar-refractivity contribution in [2.45, 2.75) is 36.7 Å². The topological polar surface area (TPSA) is 105 Å². The minimum atomic E-state index is -3.73. The number of hydrogen-bond donors (Lipinski definition) is 3. The van der Waals surface area contributed by atoms with Crippen LogP contribution < -0.4 is 15.4 Å². The number of aryl methyl sites for hydroxylation is 1. The summed E-state index contributed by atoms with van der Waals surface area (Å²) in [4.78, 5) is 12.1. The van der Waals surface area contributed by atoms with Crippen LogP contribution in [0.1, 0.15) is 19.8 Å². The predicted molar refractivity (Wildman–Crippen MR) is 84.3 cm³/mol. The molecule has 0 aromatic carbocycles. The molecule has 8 nitrogen and oxygen atoms in total. The molecule has 10 heteroatoms. The quantitative estimate of drug-likeness (QED) is 0.655. The third kappa shape index (κ3) is 4.94. The van der Waals surface area contributed by atoms with Gasteiger partial charge in [0.05, 0.1) is 12.2 Å². The number of halogens is 1. The molecule has 1 aromatic heterocycles. The molecule has 0 aliphatic carbocycles. The molecule has 0 bridgehead atoms. The molecule has 1 amide bonds. The van der Waals surface area contributed by atoms with Crippen molar-refractivity contribution in [3.63, 3.8) is 0 Å². The van der Waals surface area contributed by atoms with Crippen molar-refractivity contribution >= 4 is 28.3 Å². The number of rotatable bonds is 5. The van der Waals surface area contributed by atoms with Crippen molar-refractivity contribution in [3.8, 4) is 0 Å². The Labute approximate surface area is 136 Å². The van der Waals surface area contributed by atoms with Gasteiger partial charge in [-0.1, -0.05) is 0 Å². The maximum absolute atomic E-state index is 12.1. The van der Waals surface area contributed by atoms with Crippen LogP contribution in [0, 0.1) is 0 Å². The fourth-order valence-electron chi connectivity index (χ4n) is 2.19. The highest BCUT2D eigenvalue weighted by Gasteiger charge is 2.25. The second kappa shape index (κ2) is 7.91. The minimum Gasteiger partial charge on any atom is -0.351 e. The standard InChI is InChI=1S/C12H21N5O3S.ClH/c1-9(12(18)15-10-4-3-5-13-6-10)16-21(19,20)11-7-14-17(2)8-11;/h7-10,13,16H,3-6H2,1-2H3,(H,15,18);1H. The Bertz CT molecular complexity index is 598. The van der Waals surface area contributed by atoms with E-state index in [1.165, 1.54) is 24.0 Å². The van der Waals surface area contributed by atoms with E-state index < -0.39 is 16.1 Å². The van der Waals surface area contributed by atoms with Gasteiger partial charge in [-0.3, -0.25) is 9.48 Å². The summed E-state index contributed by atoms with van der Waals surface area (Å²) in [7, 11) is -2.10. The Hall–Kier alpha value is -1.16. The third-order valence-electron chi connectivity index (χ3n) is 3.36. The number of carbonyl (C=O) groups excluding carboxylic acids is 1. The lowest BCUT2D eigenvalue weighted by atomic mass is 10.1. The summed E-state index contributed by atoms with van der Waals surface area (Å²) in [6, 6.07) is -0.784. The van der Waals surface area contributed by atoms with Gasteiger partial charge in [0.25, 0.3) is 0 Å². The lowest BCUT2D eigenvalue weighted by Gasteiger charge is -2.25. The molecule has 3 N–H and O–H groups in total. The SMILES string of the molecule is CC(NS(=O)(=O)c1cnn(C)c1)C(=O)NC1CCCNC1.Cl. The van der Waals surface area contributed by atoms with E-state index in [-0.39, 0.29) is 29.3 Å². The maximum Gasteiger partial charge on any atom is 0.244 e. The Morgan fingerprint density at radius 2 is 2.27 bits per heavy atom. The predicted octanol–water partition coefficient (Wildman–Crippen LogP) is -0.623. The molecule has 1 fully saturated rings. The number of aromatic nitrogens is 2. The molecule has 1 saturated heterocycles. The first-order valence-corrected chi connectivity index (χ1v) is 8.39. The zero-order valence-electron chi connectivity index (χ0n) is 12.6. The van der Waals surface area contributed by atoms with Crippen LogP contribution in [0.25, 0.3) is 0 Å². The van der Waals surface area contributed by atoms with Crippen LogP contribution in [0.2, 0.25) is 0 Å². The van der Waals surface area contributed by atoms with E-state index >= 15 is 0 Å². The van der Waals surface area contributed by atoms with E-state index in [4.69, 9.17) is 0 Å². The lowest BCUT2D eigenvalue weighted by Crippen LogP contribution is -2.52. The fraction of sp³-hybridized carbons (Fsp3) is 0.667. The van der Waals surface area contributed by atoms with Gasteiger partial charge in [-0.2, -0.15) is 9.82 Å². The van der Waals surface area contributed by atoms with E-state index in [9.17, 15) is 13.2 Å². The van der Waals surface area contributed by atoms with Crippen LogP contribution >= 0.6 is 12.4 Å². The summed E-state index contributed by atoms with van der Waals surface area (Å²) < 4.78 is 27.9. The summed E-state index contributed by atoms with van der Waals surface area (Å²) in [6.07, 6.45) is 4.54. The van der Waals surface area contributed by atoms with Crippen molar-refractivity contribution in [2.75, 3.05) is 13.1 Å². The highest BCUT2D eigenvalue weighted by molar-refractivity contribution is 7.89. The summed E-state index contributed by atoms with van der Waals surface area (Å²) in [5.74, 6) is -0.323. The number of sulfonamides is 1. The zero-order chi connectivity index (χ0) is 15.5. The first-order valence-electron chi connectivity index (χ1n) is 6.90. The average Bonchev–Trinajstić information content (AvgIpc) is 2.87. The van der Waals surface area contributed by atoms with Gasteiger partial charge in [0, 0.05) is 25.8 Å². The van der Waals surface area contributed by atoms with E-state index in [2.05, 4.69) is 20.5 Å². The molecule has 2 atom stereocenters. The third-order valence-corrected chi connectivity index (χ3v) is 4.86. The van der Waals surface area contributed by atoms with E-state index in [1.807, 2.05) is 0 Å². The normalized spacial score (nSPS) is 20.0. The van der Waals surface area contributed by atoms with Gasteiger partial charge < -0.3 is 10.6 Å². The van der Waals surface area contributed by atoms with Gasteiger partial charge >= 0.3 is 0 Å². The number of nitrogens with zero attached hydrogens (tertiary/aromatic N) is 2. The fourth-order valence-corrected chi connectivity index (χ4v) is 3.38. The number of piperidine rings is 1. The second-order valence-corrected chi connectivity index (χ2v) is 6.96. The minimum absolute atomic E-state index is 0. The average molecular weight is 352 g/mol. The molecular formula is C12H22ClN5O3S. The van der Waals surface area contributed by atoms with Crippen LogP contribution in [0.4, 0.5) is 0 Å². The van der Waals surface area contributed by atoms with E-state index in [1.54, 1.807) is 7.05 Å². The van der Waals surface area contributed by atoms with Crippen LogP contribution in [0.15, 0.2) is 17.3 Å². The number of nitrogens with one attached hydrogen (secondary N) is 3. The lowest BCUT2D eigenvalue weighted by molar-refractivity contribution is -0.123. The van der Waals surface area contributed by atoms with Crippen molar-refractivity contribution in [1.29, 1.82) is 0 Å². The molecule has 1 aromatic rings. The second-order valence-electron chi connectivity index (χ2n) is 5.24. The Kier molecular flexibility index (Phi) is 6.79. The van der Waals surface area contributed by atoms with Crippen molar-refractivity contribution in [1.82, 2.24) is 25.1 Å². The van der Waals surface area contributed by atoms with Crippen LogP contribution in [0.3, 0.4) is 0 Å². The first-order chi connectivity index (χ1) is 9.88. The monoisotopic (exact) mass is 351 g/mol. The molecule has 2 rings (SSSR count). The Balaban J connectivity index is 0.00000242. The molecule has 1 aliphatic rings. The molecule has 1 aliphatic heterocycles. The zero-order valence-corrected chi connectivity index (χ0v) is 14.2. The van der Waals surface area contributed by atoms with Gasteiger partial charge in [0.2, 0.25) is 15.9 Å². The van der Waals surface area contributed by atoms with Crippen molar-refractivity contribution in [3.05, 3.63) is 12.4 Å². The Morgan fingerprint density at radius 1 is 1.55 bits per heavy atom. The summed E-state index contributed by atoms with van der Waals surface area (Å²) in [6.45, 7) is 3.20. The number of hydrogen-bond acceptors (Lipinski definition) is 5. The van der Waals surface area contributed by atoms with Crippen LogP contribution in [0.5, 0.6) is 0 Å². The Morgan fingerprint density at radius 3 is 2.82 bits per heavy atom. The molecule has 2 heterocycles. The van der Waals surface area contributed by atoms with Crippen LogP contribution in [-0.2, 0) is 21.9 Å². The van der Waals surface area contributed by atoms with Gasteiger partial charge in [-0.25, -0.2) is 8.42 Å². The molecule has 0 radical (unpaired) electrons. The van der Waals surface area contributed by atoms with E-state index in [0.29, 0.717) is 6.54 Å². The molecule has 2 unspecified atom stereocenters. The van der Waals surface area contributed by atoms with Crippen molar-refractivity contribution in [2.24, 2.45) is 7.05 Å². The number of carbonyl (C=O) groups is 1. The van der Waals surface area contributed by atoms with Crippen LogP contribution in [-0.4, -0.2) is 49.3 Å². The molecular weight excluding hydrogens is 330 g/mol. The van der Waals surface area contributed by atoms with Gasteiger partial charge in [0.15, 0.2) is 0 Å². The van der Waals surface area contributed by atoms with Crippen molar-refractivity contribution < 1.29 is 13.2 Å². The summed E-state index contributed by atoms with van der Waals surface area (Å²) in [5.41, 5.74) is 0. The van der Waals surface area contributed by atoms with Gasteiger partial charge in [-0.15, -0.1) is 12.4 Å². The summed E-state index contributed by atoms with van der Waals surface area (Å²) in [5, 5.41) is 9.86. The van der Waals surface area contributed by atoms with Gasteiger partial charge in [0.1, 0.15) is 4.90 Å². The van der Waals surface area contributed by atoms with Gasteiger partial charge in [-0.05, 0) is 26.3 Å². The maximum atomic E-state index is 12.1. The smallest absolute Gasteiger partial charge is 0.244 e. The molecule has 0 spiro atoms. The van der Waals surface area contributed by atoms with E-state index in [0.717, 1.165) is 19.4 Å².